The predicted octanol–water partition coefficient (Wildman–Crippen LogP) is 4.59. The zero-order valence-electron chi connectivity index (χ0n) is 16.8. The number of aromatic nitrogens is 2. The first-order valence-electron chi connectivity index (χ1n) is 9.88. The van der Waals surface area contributed by atoms with Crippen LogP contribution >= 0.6 is 0 Å². The third-order valence-corrected chi connectivity index (χ3v) is 5.65. The first kappa shape index (κ1) is 20.6. The van der Waals surface area contributed by atoms with Crippen molar-refractivity contribution in [2.45, 2.75) is 25.7 Å². The monoisotopic (exact) mass is 426 g/mol. The fourth-order valence-electron chi connectivity index (χ4n) is 3.95. The first-order valence-corrected chi connectivity index (χ1v) is 9.88. The molecule has 0 bridgehead atoms. The number of piperidine rings is 1. The quantitative estimate of drug-likeness (QED) is 0.488. The molecule has 9 heteroatoms. The van der Waals surface area contributed by atoms with Crippen LogP contribution in [0.15, 0.2) is 42.6 Å². The molecule has 4 rings (SSSR count). The molecule has 7 nitrogen and oxygen atoms in total. The molecule has 160 valence electrons. The van der Waals surface area contributed by atoms with Crippen molar-refractivity contribution in [3.63, 3.8) is 0 Å². The van der Waals surface area contributed by atoms with Gasteiger partial charge in [0.1, 0.15) is 11.4 Å². The van der Waals surface area contributed by atoms with E-state index in [1.54, 1.807) is 30.2 Å². The lowest BCUT2D eigenvalue weighted by Gasteiger charge is -2.31. The lowest BCUT2D eigenvalue weighted by molar-refractivity contribution is -0.385. The first-order chi connectivity index (χ1) is 14.8. The van der Waals surface area contributed by atoms with Crippen molar-refractivity contribution in [3.8, 4) is 11.3 Å². The second-order valence-corrected chi connectivity index (χ2v) is 7.61. The van der Waals surface area contributed by atoms with Crippen molar-refractivity contribution >= 4 is 11.6 Å². The zero-order chi connectivity index (χ0) is 22.1. The Hall–Kier alpha value is -3.62. The maximum atomic E-state index is 13.5. The van der Waals surface area contributed by atoms with E-state index < -0.39 is 16.6 Å². The van der Waals surface area contributed by atoms with Gasteiger partial charge in [-0.1, -0.05) is 12.1 Å². The topological polar surface area (TPSA) is 92.1 Å². The van der Waals surface area contributed by atoms with Gasteiger partial charge >= 0.3 is 0 Å². The van der Waals surface area contributed by atoms with Gasteiger partial charge in [-0.25, -0.2) is 13.8 Å². The molecule has 1 saturated heterocycles. The highest BCUT2D eigenvalue weighted by Gasteiger charge is 2.30. The highest BCUT2D eigenvalue weighted by Crippen LogP contribution is 2.31. The number of imidazole rings is 1. The number of nitro benzene ring substituents is 1. The van der Waals surface area contributed by atoms with E-state index in [2.05, 4.69) is 9.97 Å². The van der Waals surface area contributed by atoms with E-state index >= 15 is 0 Å². The molecule has 31 heavy (non-hydrogen) atoms. The highest BCUT2D eigenvalue weighted by atomic mass is 19.2. The van der Waals surface area contributed by atoms with Crippen LogP contribution in [0.3, 0.4) is 0 Å². The summed E-state index contributed by atoms with van der Waals surface area (Å²) in [7, 11) is 0. The van der Waals surface area contributed by atoms with Crippen LogP contribution < -0.4 is 0 Å². The number of H-pyrrole nitrogens is 1. The van der Waals surface area contributed by atoms with Crippen molar-refractivity contribution in [3.05, 3.63) is 81.3 Å². The number of nitrogens with one attached hydrogen (secondary N) is 1. The Balaban J connectivity index is 1.46. The summed E-state index contributed by atoms with van der Waals surface area (Å²) in [5, 5.41) is 11.4. The Morgan fingerprint density at radius 3 is 2.61 bits per heavy atom. The molecule has 0 saturated carbocycles. The second-order valence-electron chi connectivity index (χ2n) is 7.61. The molecular weight excluding hydrogens is 406 g/mol. The number of carbonyl (C=O) groups excluding carboxylic acids is 1. The number of halogens is 2. The van der Waals surface area contributed by atoms with Crippen molar-refractivity contribution in [2.75, 3.05) is 13.1 Å². The fourth-order valence-corrected chi connectivity index (χ4v) is 3.95. The van der Waals surface area contributed by atoms with E-state index in [9.17, 15) is 23.7 Å². The number of likely N-dealkylation sites (tertiary alicyclic amines) is 1. The van der Waals surface area contributed by atoms with Gasteiger partial charge in [0.2, 0.25) is 0 Å². The fraction of sp³-hybridized carbons (Fsp3) is 0.273. The Bertz CT molecular complexity index is 1150. The van der Waals surface area contributed by atoms with Gasteiger partial charge in [0.25, 0.3) is 11.6 Å². The minimum Gasteiger partial charge on any atom is -0.342 e. The van der Waals surface area contributed by atoms with Gasteiger partial charge in [0.15, 0.2) is 11.6 Å². The van der Waals surface area contributed by atoms with Gasteiger partial charge in [0, 0.05) is 30.1 Å². The molecular formula is C22H20F2N4O3. The Kier molecular flexibility index (Phi) is 5.50. The highest BCUT2D eigenvalue weighted by molar-refractivity contribution is 5.98. The molecule has 0 spiro atoms. The summed E-state index contributed by atoms with van der Waals surface area (Å²) in [6, 6.07) is 8.40. The van der Waals surface area contributed by atoms with Crippen LogP contribution in [0.4, 0.5) is 14.5 Å². The number of hydrogen-bond donors (Lipinski definition) is 1. The summed E-state index contributed by atoms with van der Waals surface area (Å²) in [5.74, 6) is -1.40. The number of nitrogens with zero attached hydrogens (tertiary/aromatic N) is 3. The Labute approximate surface area is 176 Å². The van der Waals surface area contributed by atoms with E-state index in [0.29, 0.717) is 48.6 Å². The summed E-state index contributed by atoms with van der Waals surface area (Å²) in [5.41, 5.74) is 1.48. The Morgan fingerprint density at radius 1 is 1.19 bits per heavy atom. The van der Waals surface area contributed by atoms with Crippen molar-refractivity contribution in [2.24, 2.45) is 0 Å². The number of amides is 1. The van der Waals surface area contributed by atoms with Crippen LogP contribution in [0.25, 0.3) is 11.3 Å². The van der Waals surface area contributed by atoms with Gasteiger partial charge in [-0.2, -0.15) is 0 Å². The molecule has 3 aromatic rings. The molecule has 0 radical (unpaired) electrons. The van der Waals surface area contributed by atoms with Crippen LogP contribution in [0.2, 0.25) is 0 Å². The van der Waals surface area contributed by atoms with Crippen molar-refractivity contribution < 1.29 is 18.5 Å². The van der Waals surface area contributed by atoms with Crippen LogP contribution in [0, 0.1) is 28.7 Å². The van der Waals surface area contributed by atoms with Crippen molar-refractivity contribution in [1.82, 2.24) is 14.9 Å². The van der Waals surface area contributed by atoms with Crippen LogP contribution in [0.1, 0.15) is 40.5 Å². The number of aromatic amines is 1. The lowest BCUT2D eigenvalue weighted by atomic mass is 9.95. The smallest absolute Gasteiger partial charge is 0.285 e. The largest absolute Gasteiger partial charge is 0.342 e. The minimum atomic E-state index is -0.925. The van der Waals surface area contributed by atoms with E-state index in [0.717, 1.165) is 12.1 Å². The number of benzene rings is 2. The number of nitro groups is 1. The van der Waals surface area contributed by atoms with E-state index in [1.807, 2.05) is 0 Å². The van der Waals surface area contributed by atoms with Gasteiger partial charge in [-0.15, -0.1) is 0 Å². The standard InChI is InChI=1S/C22H20F2N4O3/c1-13-3-2-4-16(20(13)28(30)31)22(29)27-9-7-14(8-10-27)21-25-12-19(26-21)15-5-6-17(23)18(24)11-15/h2-6,11-12,14H,7-10H2,1H3,(H,25,26). The average Bonchev–Trinajstić information content (AvgIpc) is 3.25. The zero-order valence-corrected chi connectivity index (χ0v) is 16.8. The molecule has 0 aliphatic carbocycles. The normalized spacial score (nSPS) is 14.6. The third kappa shape index (κ3) is 4.03. The lowest BCUT2D eigenvalue weighted by Crippen LogP contribution is -2.38. The SMILES string of the molecule is Cc1cccc(C(=O)N2CCC(c3ncc(-c4ccc(F)c(F)c4)[nH]3)CC2)c1[N+](=O)[O-]. The van der Waals surface area contributed by atoms with E-state index in [1.165, 1.54) is 12.1 Å². The van der Waals surface area contributed by atoms with Crippen molar-refractivity contribution in [1.29, 1.82) is 0 Å². The van der Waals surface area contributed by atoms with E-state index in [4.69, 9.17) is 0 Å². The van der Waals surface area contributed by atoms with Gasteiger partial charge in [0.05, 0.1) is 16.8 Å². The number of hydrogen-bond acceptors (Lipinski definition) is 4. The molecule has 1 aliphatic rings. The summed E-state index contributed by atoms with van der Waals surface area (Å²) in [6.07, 6.45) is 2.85. The molecule has 1 amide bonds. The summed E-state index contributed by atoms with van der Waals surface area (Å²) >= 11 is 0. The van der Waals surface area contributed by atoms with Crippen LogP contribution in [-0.2, 0) is 0 Å². The molecule has 2 heterocycles. The summed E-state index contributed by atoms with van der Waals surface area (Å²) in [4.78, 5) is 33.0. The molecule has 0 unspecified atom stereocenters. The number of carbonyl (C=O) groups is 1. The minimum absolute atomic E-state index is 0.0654. The van der Waals surface area contributed by atoms with Gasteiger partial charge in [-0.3, -0.25) is 14.9 Å². The molecule has 1 N–H and O–H groups in total. The van der Waals surface area contributed by atoms with E-state index in [-0.39, 0.29) is 23.1 Å². The number of rotatable bonds is 4. The third-order valence-electron chi connectivity index (χ3n) is 5.65. The number of aryl methyl sites for hydroxylation is 1. The molecule has 1 fully saturated rings. The molecule has 1 aliphatic heterocycles. The van der Waals surface area contributed by atoms with Crippen LogP contribution in [-0.4, -0.2) is 38.8 Å². The summed E-state index contributed by atoms with van der Waals surface area (Å²) < 4.78 is 26.7. The summed E-state index contributed by atoms with van der Waals surface area (Å²) in [6.45, 7) is 2.49. The maximum absolute atomic E-state index is 13.5. The second kappa shape index (κ2) is 8.25. The predicted molar refractivity (Wildman–Crippen MR) is 110 cm³/mol. The number of para-hydroxylation sites is 1. The maximum Gasteiger partial charge on any atom is 0.285 e. The Morgan fingerprint density at radius 2 is 1.94 bits per heavy atom. The average molecular weight is 426 g/mol. The molecule has 0 atom stereocenters. The van der Waals surface area contributed by atoms with Gasteiger partial charge < -0.3 is 9.88 Å². The molecule has 1 aromatic heterocycles. The van der Waals surface area contributed by atoms with Crippen LogP contribution in [0.5, 0.6) is 0 Å². The molecule has 2 aromatic carbocycles. The van der Waals surface area contributed by atoms with Gasteiger partial charge in [-0.05, 0) is 44.0 Å².